The van der Waals surface area contributed by atoms with Crippen molar-refractivity contribution in [2.24, 2.45) is 0 Å². The molecule has 26 heavy (non-hydrogen) atoms. The van der Waals surface area contributed by atoms with E-state index in [2.05, 4.69) is 5.32 Å². The molecule has 0 aliphatic rings. The molecule has 2 aromatic carbocycles. The highest BCUT2D eigenvalue weighted by atomic mass is 35.5. The van der Waals surface area contributed by atoms with Gasteiger partial charge in [-0.05, 0) is 25.1 Å². The van der Waals surface area contributed by atoms with E-state index >= 15 is 0 Å². The first-order valence-corrected chi connectivity index (χ1v) is 9.02. The van der Waals surface area contributed by atoms with Crippen molar-refractivity contribution in [2.45, 2.75) is 13.0 Å². The van der Waals surface area contributed by atoms with Gasteiger partial charge < -0.3 is 14.8 Å². The molecule has 0 fully saturated rings. The van der Waals surface area contributed by atoms with Gasteiger partial charge >= 0.3 is 5.97 Å². The van der Waals surface area contributed by atoms with Crippen LogP contribution in [0.1, 0.15) is 16.6 Å². The van der Waals surface area contributed by atoms with Crippen molar-refractivity contribution in [3.05, 3.63) is 58.4 Å². The van der Waals surface area contributed by atoms with E-state index < -0.39 is 18.0 Å². The lowest BCUT2D eigenvalue weighted by Gasteiger charge is -2.14. The second-order valence-corrected chi connectivity index (χ2v) is 6.91. The number of anilines is 1. The number of halogens is 1. The van der Waals surface area contributed by atoms with Crippen LogP contribution in [0.4, 0.5) is 5.69 Å². The molecule has 0 radical (unpaired) electrons. The third-order valence-corrected chi connectivity index (χ3v) is 5.39. The molecule has 0 spiro atoms. The SMILES string of the molecule is COc1ccccc1NC(=O)[C@H](C)OC(=O)c1sc2ccccc2c1Cl. The molecule has 1 N–H and O–H groups in total. The van der Waals surface area contributed by atoms with Crippen molar-refractivity contribution in [3.63, 3.8) is 0 Å². The number of carbonyl (C=O) groups excluding carboxylic acids is 2. The lowest BCUT2D eigenvalue weighted by molar-refractivity contribution is -0.123. The molecule has 0 saturated heterocycles. The Morgan fingerprint density at radius 2 is 1.81 bits per heavy atom. The smallest absolute Gasteiger partial charge is 0.350 e. The molecule has 1 amide bonds. The van der Waals surface area contributed by atoms with E-state index in [4.69, 9.17) is 21.1 Å². The monoisotopic (exact) mass is 389 g/mol. The number of thiophene rings is 1. The van der Waals surface area contributed by atoms with Crippen molar-refractivity contribution < 1.29 is 19.1 Å². The highest BCUT2D eigenvalue weighted by Gasteiger charge is 2.24. The second kappa shape index (κ2) is 7.76. The van der Waals surface area contributed by atoms with Crippen LogP contribution >= 0.6 is 22.9 Å². The first-order valence-electron chi connectivity index (χ1n) is 7.83. The maximum atomic E-state index is 12.4. The number of para-hydroxylation sites is 2. The van der Waals surface area contributed by atoms with E-state index in [0.717, 1.165) is 10.1 Å². The molecule has 1 heterocycles. The molecule has 1 atom stereocenters. The topological polar surface area (TPSA) is 64.6 Å². The van der Waals surface area contributed by atoms with Crippen LogP contribution in [0.2, 0.25) is 5.02 Å². The lowest BCUT2D eigenvalue weighted by atomic mass is 10.2. The van der Waals surface area contributed by atoms with Gasteiger partial charge in [-0.3, -0.25) is 4.79 Å². The molecule has 0 aliphatic heterocycles. The summed E-state index contributed by atoms with van der Waals surface area (Å²) in [5.41, 5.74) is 0.503. The standard InChI is InChI=1S/C19H16ClNO4S/c1-11(18(22)21-13-8-4-5-9-14(13)24-2)25-19(23)17-16(20)12-7-3-6-10-15(12)26-17/h3-11H,1-2H3,(H,21,22)/t11-/m0/s1. The fraction of sp³-hybridized carbons (Fsp3) is 0.158. The zero-order valence-corrected chi connectivity index (χ0v) is 15.7. The zero-order chi connectivity index (χ0) is 18.7. The summed E-state index contributed by atoms with van der Waals surface area (Å²) in [7, 11) is 1.51. The van der Waals surface area contributed by atoms with Crippen LogP contribution in [0.25, 0.3) is 10.1 Å². The summed E-state index contributed by atoms with van der Waals surface area (Å²) in [5.74, 6) is -0.564. The molecule has 3 rings (SSSR count). The Morgan fingerprint density at radius 1 is 1.12 bits per heavy atom. The van der Waals surface area contributed by atoms with Crippen LogP contribution in [0.5, 0.6) is 5.75 Å². The van der Waals surface area contributed by atoms with Gasteiger partial charge in [0, 0.05) is 10.1 Å². The van der Waals surface area contributed by atoms with Crippen molar-refractivity contribution in [3.8, 4) is 5.75 Å². The predicted octanol–water partition coefficient (Wildman–Crippen LogP) is 4.75. The number of rotatable bonds is 5. The number of ether oxygens (including phenoxy) is 2. The minimum atomic E-state index is -0.992. The fourth-order valence-electron chi connectivity index (χ4n) is 2.40. The Morgan fingerprint density at radius 3 is 2.54 bits per heavy atom. The minimum absolute atomic E-state index is 0.282. The summed E-state index contributed by atoms with van der Waals surface area (Å²) in [4.78, 5) is 25.0. The number of hydrogen-bond acceptors (Lipinski definition) is 5. The van der Waals surface area contributed by atoms with E-state index in [-0.39, 0.29) is 4.88 Å². The summed E-state index contributed by atoms with van der Waals surface area (Å²) >= 11 is 7.51. The third kappa shape index (κ3) is 3.66. The van der Waals surface area contributed by atoms with E-state index in [9.17, 15) is 9.59 Å². The van der Waals surface area contributed by atoms with Gasteiger partial charge in [0.2, 0.25) is 0 Å². The number of amides is 1. The number of esters is 1. The van der Waals surface area contributed by atoms with Gasteiger partial charge in [0.15, 0.2) is 6.10 Å². The molecule has 134 valence electrons. The first kappa shape index (κ1) is 18.2. The molecule has 1 aromatic heterocycles. The Hall–Kier alpha value is -2.57. The summed E-state index contributed by atoms with van der Waals surface area (Å²) < 4.78 is 11.4. The first-order chi connectivity index (χ1) is 12.5. The van der Waals surface area contributed by atoms with Crippen molar-refractivity contribution in [1.82, 2.24) is 0 Å². The second-order valence-electron chi connectivity index (χ2n) is 5.48. The molecular weight excluding hydrogens is 374 g/mol. The van der Waals surface area contributed by atoms with Crippen LogP contribution in [0.3, 0.4) is 0 Å². The Labute approximate surface area is 159 Å². The minimum Gasteiger partial charge on any atom is -0.495 e. The zero-order valence-electron chi connectivity index (χ0n) is 14.1. The molecule has 0 unspecified atom stereocenters. The number of fused-ring (bicyclic) bond motifs is 1. The normalized spacial score (nSPS) is 11.8. The third-order valence-electron chi connectivity index (χ3n) is 3.74. The predicted molar refractivity (Wildman–Crippen MR) is 103 cm³/mol. The molecule has 5 nitrogen and oxygen atoms in total. The van der Waals surface area contributed by atoms with Gasteiger partial charge in [-0.25, -0.2) is 4.79 Å². The average Bonchev–Trinajstić information content (AvgIpc) is 2.99. The maximum absolute atomic E-state index is 12.4. The van der Waals surface area contributed by atoms with Crippen molar-refractivity contribution in [2.75, 3.05) is 12.4 Å². The van der Waals surface area contributed by atoms with E-state index in [1.165, 1.54) is 25.4 Å². The highest BCUT2D eigenvalue weighted by Crippen LogP contribution is 2.35. The number of hydrogen-bond donors (Lipinski definition) is 1. The van der Waals surface area contributed by atoms with Gasteiger partial charge in [0.25, 0.3) is 5.91 Å². The average molecular weight is 390 g/mol. The Bertz CT molecular complexity index is 969. The Kier molecular flexibility index (Phi) is 5.44. The summed E-state index contributed by atoms with van der Waals surface area (Å²) in [6.45, 7) is 1.50. The number of benzene rings is 2. The number of methoxy groups -OCH3 is 1. The number of nitrogens with one attached hydrogen (secondary N) is 1. The Balaban J connectivity index is 1.72. The van der Waals surface area contributed by atoms with Crippen LogP contribution in [-0.4, -0.2) is 25.1 Å². The van der Waals surface area contributed by atoms with E-state index in [1.54, 1.807) is 24.3 Å². The molecule has 0 aliphatic carbocycles. The molecule has 3 aromatic rings. The summed E-state index contributed by atoms with van der Waals surface area (Å²) in [5, 5.41) is 3.82. The largest absolute Gasteiger partial charge is 0.495 e. The summed E-state index contributed by atoms with van der Waals surface area (Å²) in [6.07, 6.45) is -0.992. The van der Waals surface area contributed by atoms with E-state index in [1.807, 2.05) is 24.3 Å². The van der Waals surface area contributed by atoms with Crippen LogP contribution in [0.15, 0.2) is 48.5 Å². The van der Waals surface area contributed by atoms with Crippen LogP contribution < -0.4 is 10.1 Å². The van der Waals surface area contributed by atoms with Crippen molar-refractivity contribution >= 4 is 50.6 Å². The molecular formula is C19H16ClNO4S. The van der Waals surface area contributed by atoms with Gasteiger partial charge in [-0.1, -0.05) is 41.9 Å². The van der Waals surface area contributed by atoms with E-state index in [0.29, 0.717) is 16.5 Å². The molecule has 0 saturated carbocycles. The maximum Gasteiger partial charge on any atom is 0.350 e. The van der Waals surface area contributed by atoms with Crippen LogP contribution in [-0.2, 0) is 9.53 Å². The molecule has 7 heteroatoms. The lowest BCUT2D eigenvalue weighted by Crippen LogP contribution is -2.30. The quantitative estimate of drug-likeness (QED) is 0.639. The highest BCUT2D eigenvalue weighted by molar-refractivity contribution is 7.21. The van der Waals surface area contributed by atoms with Gasteiger partial charge in [0.05, 0.1) is 17.8 Å². The van der Waals surface area contributed by atoms with Crippen molar-refractivity contribution in [1.29, 1.82) is 0 Å². The van der Waals surface area contributed by atoms with Gasteiger partial charge in [-0.15, -0.1) is 11.3 Å². The van der Waals surface area contributed by atoms with Crippen LogP contribution in [0, 0.1) is 0 Å². The number of carbonyl (C=O) groups is 2. The molecule has 0 bridgehead atoms. The van der Waals surface area contributed by atoms with Gasteiger partial charge in [-0.2, -0.15) is 0 Å². The van der Waals surface area contributed by atoms with Gasteiger partial charge in [0.1, 0.15) is 10.6 Å². The summed E-state index contributed by atoms with van der Waals surface area (Å²) in [6, 6.07) is 14.4. The fourth-order valence-corrected chi connectivity index (χ4v) is 3.79.